The number of nitro groups is 1. The van der Waals surface area contributed by atoms with Crippen molar-refractivity contribution in [2.45, 2.75) is 6.54 Å². The van der Waals surface area contributed by atoms with Crippen LogP contribution in [0.5, 0.6) is 11.5 Å². The van der Waals surface area contributed by atoms with E-state index in [0.29, 0.717) is 27.4 Å². The lowest BCUT2D eigenvalue weighted by molar-refractivity contribution is -0.386. The number of nitrogens with zero attached hydrogens (tertiary/aromatic N) is 2. The fourth-order valence-corrected chi connectivity index (χ4v) is 3.98. The minimum atomic E-state index is -0.777. The van der Waals surface area contributed by atoms with E-state index in [4.69, 9.17) is 27.9 Å². The van der Waals surface area contributed by atoms with Gasteiger partial charge in [0, 0.05) is 21.7 Å². The predicted octanol–water partition coefficient (Wildman–Crippen LogP) is 4.85. The zero-order valence-electron chi connectivity index (χ0n) is 14.7. The first-order valence-electron chi connectivity index (χ1n) is 7.96. The van der Waals surface area contributed by atoms with Gasteiger partial charge in [-0.25, -0.2) is 0 Å². The molecule has 8 nitrogen and oxygen atoms in total. The Balaban J connectivity index is 1.94. The normalized spacial score (nSPS) is 15.3. The van der Waals surface area contributed by atoms with E-state index in [-0.39, 0.29) is 22.8 Å². The monoisotopic (exact) mass is 454 g/mol. The highest BCUT2D eigenvalue weighted by Gasteiger charge is 2.36. The molecule has 1 heterocycles. The van der Waals surface area contributed by atoms with E-state index in [2.05, 4.69) is 0 Å². The number of phenols is 1. The SMILES string of the molecule is COc1cc(/C=C2/SC(=O)N(Cc3c(Cl)cccc3Cl)C2=O)cc([N+](=O)[O-])c1O. The van der Waals surface area contributed by atoms with Gasteiger partial charge in [-0.05, 0) is 41.6 Å². The number of hydrogen-bond acceptors (Lipinski definition) is 7. The maximum atomic E-state index is 12.7. The van der Waals surface area contributed by atoms with Crippen LogP contribution in [0.15, 0.2) is 35.2 Å². The van der Waals surface area contributed by atoms with Crippen LogP contribution in [-0.2, 0) is 11.3 Å². The zero-order chi connectivity index (χ0) is 21.3. The van der Waals surface area contributed by atoms with Crippen LogP contribution in [0.25, 0.3) is 6.08 Å². The molecule has 0 aromatic heterocycles. The molecule has 1 fully saturated rings. The average Bonchev–Trinajstić information content (AvgIpc) is 2.92. The van der Waals surface area contributed by atoms with Crippen LogP contribution < -0.4 is 4.74 Å². The Kier molecular flexibility index (Phi) is 6.02. The maximum absolute atomic E-state index is 12.7. The van der Waals surface area contributed by atoms with Crippen LogP contribution in [-0.4, -0.2) is 33.2 Å². The van der Waals surface area contributed by atoms with Crippen molar-refractivity contribution in [1.82, 2.24) is 4.90 Å². The van der Waals surface area contributed by atoms with Crippen molar-refractivity contribution in [3.8, 4) is 11.5 Å². The molecule has 0 spiro atoms. The Morgan fingerprint density at radius 3 is 2.52 bits per heavy atom. The molecule has 1 saturated heterocycles. The summed E-state index contributed by atoms with van der Waals surface area (Å²) < 4.78 is 4.93. The molecule has 0 unspecified atom stereocenters. The topological polar surface area (TPSA) is 110 Å². The van der Waals surface area contributed by atoms with Gasteiger partial charge in [-0.1, -0.05) is 29.3 Å². The number of nitro benzene ring substituents is 1. The van der Waals surface area contributed by atoms with Gasteiger partial charge in [0.1, 0.15) is 0 Å². The molecular weight excluding hydrogens is 443 g/mol. The summed E-state index contributed by atoms with van der Waals surface area (Å²) in [7, 11) is 1.24. The van der Waals surface area contributed by atoms with Crippen LogP contribution in [0.3, 0.4) is 0 Å². The van der Waals surface area contributed by atoms with Gasteiger partial charge < -0.3 is 9.84 Å². The van der Waals surface area contributed by atoms with E-state index in [1.54, 1.807) is 18.2 Å². The Hall–Kier alpha value is -2.75. The number of rotatable bonds is 5. The van der Waals surface area contributed by atoms with Crippen LogP contribution >= 0.6 is 35.0 Å². The Morgan fingerprint density at radius 2 is 1.93 bits per heavy atom. The van der Waals surface area contributed by atoms with E-state index in [9.17, 15) is 24.8 Å². The van der Waals surface area contributed by atoms with Gasteiger partial charge in [-0.15, -0.1) is 0 Å². The van der Waals surface area contributed by atoms with Crippen molar-refractivity contribution < 1.29 is 24.4 Å². The number of methoxy groups -OCH3 is 1. The molecule has 1 N–H and O–H groups in total. The summed E-state index contributed by atoms with van der Waals surface area (Å²) in [5.41, 5.74) is 0.0617. The molecule has 0 aliphatic carbocycles. The number of aromatic hydroxyl groups is 1. The van der Waals surface area contributed by atoms with E-state index >= 15 is 0 Å². The van der Waals surface area contributed by atoms with E-state index in [1.807, 2.05) is 0 Å². The highest BCUT2D eigenvalue weighted by molar-refractivity contribution is 8.18. The Bertz CT molecular complexity index is 1050. The molecule has 2 aromatic carbocycles. The van der Waals surface area contributed by atoms with Crippen molar-refractivity contribution in [3.63, 3.8) is 0 Å². The smallest absolute Gasteiger partial charge is 0.315 e. The summed E-state index contributed by atoms with van der Waals surface area (Å²) >= 11 is 12.9. The number of imide groups is 1. The number of thioether (sulfide) groups is 1. The zero-order valence-corrected chi connectivity index (χ0v) is 17.0. The Labute approximate surface area is 178 Å². The third kappa shape index (κ3) is 4.16. The average molecular weight is 455 g/mol. The molecule has 1 aliphatic rings. The van der Waals surface area contributed by atoms with Gasteiger partial charge in [0.25, 0.3) is 11.1 Å². The predicted molar refractivity (Wildman–Crippen MR) is 109 cm³/mol. The minimum absolute atomic E-state index is 0.0558. The molecule has 2 amide bonds. The second kappa shape index (κ2) is 8.32. The third-order valence-corrected chi connectivity index (χ3v) is 5.66. The number of carbonyl (C=O) groups excluding carboxylic acids is 2. The highest BCUT2D eigenvalue weighted by atomic mass is 35.5. The Morgan fingerprint density at radius 1 is 1.28 bits per heavy atom. The number of amides is 2. The fourth-order valence-electron chi connectivity index (χ4n) is 2.62. The second-order valence-corrected chi connectivity index (χ2v) is 7.62. The number of ether oxygens (including phenoxy) is 1. The lowest BCUT2D eigenvalue weighted by atomic mass is 10.1. The van der Waals surface area contributed by atoms with Crippen LogP contribution in [0.4, 0.5) is 10.5 Å². The van der Waals surface area contributed by atoms with Crippen LogP contribution in [0.2, 0.25) is 10.0 Å². The standard InChI is InChI=1S/C18H12Cl2N2O6S/c1-28-14-6-9(5-13(16(14)23)22(26)27)7-15-17(24)21(18(25)29-15)8-10-11(19)3-2-4-12(10)20/h2-7,23H,8H2,1H3/b15-7+. The van der Waals surface area contributed by atoms with E-state index in [0.717, 1.165) is 11.0 Å². The van der Waals surface area contributed by atoms with Gasteiger partial charge >= 0.3 is 5.69 Å². The van der Waals surface area contributed by atoms with E-state index < -0.39 is 27.5 Å². The molecule has 0 bridgehead atoms. The first-order chi connectivity index (χ1) is 13.7. The number of halogens is 2. The van der Waals surface area contributed by atoms with Gasteiger partial charge in [-0.2, -0.15) is 0 Å². The number of phenolic OH excluding ortho intramolecular Hbond substituents is 1. The summed E-state index contributed by atoms with van der Waals surface area (Å²) in [5.74, 6) is -1.35. The molecule has 1 aliphatic heterocycles. The first-order valence-corrected chi connectivity index (χ1v) is 9.53. The number of carbonyl (C=O) groups is 2. The summed E-state index contributed by atoms with van der Waals surface area (Å²) in [6.45, 7) is -0.112. The lowest BCUT2D eigenvalue weighted by Gasteiger charge is -2.14. The largest absolute Gasteiger partial charge is 0.500 e. The van der Waals surface area contributed by atoms with Crippen molar-refractivity contribution in [1.29, 1.82) is 0 Å². The molecule has 11 heteroatoms. The lowest BCUT2D eigenvalue weighted by Crippen LogP contribution is -2.27. The second-order valence-electron chi connectivity index (χ2n) is 5.82. The highest BCUT2D eigenvalue weighted by Crippen LogP contribution is 2.40. The summed E-state index contributed by atoms with van der Waals surface area (Å²) in [6.07, 6.45) is 1.31. The van der Waals surface area contributed by atoms with Gasteiger partial charge in [0.2, 0.25) is 5.75 Å². The first kappa shape index (κ1) is 21.0. The van der Waals surface area contributed by atoms with Crippen LogP contribution in [0, 0.1) is 10.1 Å². The van der Waals surface area contributed by atoms with Crippen molar-refractivity contribution in [2.24, 2.45) is 0 Å². The molecule has 150 valence electrons. The van der Waals surface area contributed by atoms with Crippen LogP contribution in [0.1, 0.15) is 11.1 Å². The molecule has 3 rings (SSSR count). The summed E-state index contributed by atoms with van der Waals surface area (Å²) in [6, 6.07) is 7.24. The molecular formula is C18H12Cl2N2O6S. The molecule has 29 heavy (non-hydrogen) atoms. The van der Waals surface area contributed by atoms with Gasteiger partial charge in [-0.3, -0.25) is 24.6 Å². The van der Waals surface area contributed by atoms with Gasteiger partial charge in [0.15, 0.2) is 5.75 Å². The molecule has 2 aromatic rings. The third-order valence-electron chi connectivity index (χ3n) is 4.04. The quantitative estimate of drug-likeness (QED) is 0.390. The summed E-state index contributed by atoms with van der Waals surface area (Å²) in [4.78, 5) is 36.4. The molecule has 0 saturated carbocycles. The fraction of sp³-hybridized carbons (Fsp3) is 0.111. The van der Waals surface area contributed by atoms with Crippen molar-refractivity contribution in [3.05, 3.63) is 66.5 Å². The minimum Gasteiger partial charge on any atom is -0.500 e. The van der Waals surface area contributed by atoms with Gasteiger partial charge in [0.05, 0.1) is 23.5 Å². The molecule has 0 radical (unpaired) electrons. The van der Waals surface area contributed by atoms with E-state index in [1.165, 1.54) is 19.3 Å². The van der Waals surface area contributed by atoms with Crippen molar-refractivity contribution in [2.75, 3.05) is 7.11 Å². The molecule has 0 atom stereocenters. The number of benzene rings is 2. The number of hydrogen-bond donors (Lipinski definition) is 1. The maximum Gasteiger partial charge on any atom is 0.315 e. The van der Waals surface area contributed by atoms with Crippen molar-refractivity contribution >= 4 is 57.9 Å². The summed E-state index contributed by atoms with van der Waals surface area (Å²) in [5, 5.41) is 21.1.